The highest BCUT2D eigenvalue weighted by Gasteiger charge is 2.10. The van der Waals surface area contributed by atoms with Gasteiger partial charge >= 0.3 is 5.97 Å². The van der Waals surface area contributed by atoms with E-state index in [9.17, 15) is 4.79 Å². The minimum Gasteiger partial charge on any atom is -0.494 e. The summed E-state index contributed by atoms with van der Waals surface area (Å²) in [6.07, 6.45) is 15.6. The van der Waals surface area contributed by atoms with E-state index in [1.807, 2.05) is 36.5 Å². The van der Waals surface area contributed by atoms with Crippen LogP contribution in [0.25, 0.3) is 11.3 Å². The Morgan fingerprint density at radius 2 is 1.33 bits per heavy atom. The van der Waals surface area contributed by atoms with Crippen molar-refractivity contribution >= 4 is 5.97 Å². The van der Waals surface area contributed by atoms with E-state index in [0.717, 1.165) is 36.5 Å². The molecule has 3 rings (SSSR count). The second-order valence-electron chi connectivity index (χ2n) is 9.42. The minimum atomic E-state index is -0.378. The highest BCUT2D eigenvalue weighted by atomic mass is 16.5. The number of ether oxygens (including phenoxy) is 2. The fourth-order valence-electron chi connectivity index (χ4n) is 4.10. The molecule has 4 nitrogen and oxygen atoms in total. The molecule has 2 aromatic carbocycles. The molecule has 192 valence electrons. The molecule has 0 spiro atoms. The zero-order valence-corrected chi connectivity index (χ0v) is 22.0. The first-order chi connectivity index (χ1) is 17.7. The highest BCUT2D eigenvalue weighted by molar-refractivity contribution is 5.91. The monoisotopic (exact) mass is 487 g/mol. The number of pyridine rings is 1. The molecular weight excluding hydrogens is 446 g/mol. The average molecular weight is 488 g/mol. The summed E-state index contributed by atoms with van der Waals surface area (Å²) < 4.78 is 11.4. The number of benzene rings is 2. The van der Waals surface area contributed by atoms with Crippen molar-refractivity contribution in [1.82, 2.24) is 4.98 Å². The maximum atomic E-state index is 12.6. The zero-order valence-electron chi connectivity index (χ0n) is 22.0. The van der Waals surface area contributed by atoms with Crippen molar-refractivity contribution in [2.75, 3.05) is 6.61 Å². The van der Waals surface area contributed by atoms with Crippen molar-refractivity contribution in [2.24, 2.45) is 0 Å². The van der Waals surface area contributed by atoms with Crippen molar-refractivity contribution < 1.29 is 14.3 Å². The van der Waals surface area contributed by atoms with E-state index in [2.05, 4.69) is 24.9 Å². The number of esters is 1. The molecule has 0 aliphatic heterocycles. The lowest BCUT2D eigenvalue weighted by atomic mass is 10.1. The second-order valence-corrected chi connectivity index (χ2v) is 9.42. The predicted molar refractivity (Wildman–Crippen MR) is 148 cm³/mol. The van der Waals surface area contributed by atoms with Gasteiger partial charge in [0, 0.05) is 11.8 Å². The van der Waals surface area contributed by atoms with Gasteiger partial charge in [-0.2, -0.15) is 0 Å². The summed E-state index contributed by atoms with van der Waals surface area (Å²) in [4.78, 5) is 17.2. The lowest BCUT2D eigenvalue weighted by molar-refractivity contribution is 0.0734. The molecule has 0 aliphatic carbocycles. The quantitative estimate of drug-likeness (QED) is 0.115. The molecule has 0 N–H and O–H groups in total. The Hall–Kier alpha value is -3.14. The first-order valence-electron chi connectivity index (χ1n) is 13.7. The predicted octanol–water partition coefficient (Wildman–Crippen LogP) is 8.83. The summed E-state index contributed by atoms with van der Waals surface area (Å²) >= 11 is 0. The van der Waals surface area contributed by atoms with Gasteiger partial charge in [-0.3, -0.25) is 4.98 Å². The van der Waals surface area contributed by atoms with Crippen molar-refractivity contribution in [1.29, 1.82) is 0 Å². The molecule has 0 saturated heterocycles. The SMILES string of the molecule is CCCCCCCCCCOc1ccc(OC(=O)c2ccc(-c3ccc(CCCC)cn3)cc2)cc1. The van der Waals surface area contributed by atoms with Gasteiger partial charge in [0.1, 0.15) is 11.5 Å². The van der Waals surface area contributed by atoms with Crippen molar-refractivity contribution in [3.05, 3.63) is 78.0 Å². The van der Waals surface area contributed by atoms with Gasteiger partial charge in [-0.05, 0) is 67.3 Å². The summed E-state index contributed by atoms with van der Waals surface area (Å²) in [5.41, 5.74) is 3.64. The molecule has 3 aromatic rings. The van der Waals surface area contributed by atoms with Crippen molar-refractivity contribution in [3.63, 3.8) is 0 Å². The molecule has 0 unspecified atom stereocenters. The molecule has 0 bridgehead atoms. The molecule has 0 radical (unpaired) electrons. The lowest BCUT2D eigenvalue weighted by Gasteiger charge is -2.08. The Morgan fingerprint density at radius 1 is 0.694 bits per heavy atom. The summed E-state index contributed by atoms with van der Waals surface area (Å²) in [6.45, 7) is 5.16. The Balaban J connectivity index is 1.40. The van der Waals surface area contributed by atoms with Gasteiger partial charge < -0.3 is 9.47 Å². The van der Waals surface area contributed by atoms with Crippen LogP contribution in [0.2, 0.25) is 0 Å². The van der Waals surface area contributed by atoms with E-state index in [4.69, 9.17) is 9.47 Å². The number of unbranched alkanes of at least 4 members (excludes halogenated alkanes) is 8. The van der Waals surface area contributed by atoms with Gasteiger partial charge in [-0.15, -0.1) is 0 Å². The Morgan fingerprint density at radius 3 is 1.97 bits per heavy atom. The Labute approximate surface area is 217 Å². The Bertz CT molecular complexity index is 1010. The minimum absolute atomic E-state index is 0.378. The Kier molecular flexibility index (Phi) is 12.0. The van der Waals surface area contributed by atoms with Gasteiger partial charge in [0.2, 0.25) is 0 Å². The largest absolute Gasteiger partial charge is 0.494 e. The third-order valence-corrected chi connectivity index (χ3v) is 6.36. The van der Waals surface area contributed by atoms with Crippen LogP contribution in [-0.4, -0.2) is 17.6 Å². The van der Waals surface area contributed by atoms with Crippen LogP contribution in [0.4, 0.5) is 0 Å². The van der Waals surface area contributed by atoms with E-state index in [0.29, 0.717) is 11.3 Å². The maximum absolute atomic E-state index is 12.6. The molecule has 0 fully saturated rings. The fraction of sp³-hybridized carbons (Fsp3) is 0.438. The maximum Gasteiger partial charge on any atom is 0.343 e. The molecule has 4 heteroatoms. The van der Waals surface area contributed by atoms with Crippen LogP contribution in [0.3, 0.4) is 0 Å². The number of carbonyl (C=O) groups excluding carboxylic acids is 1. The molecule has 1 heterocycles. The zero-order chi connectivity index (χ0) is 25.4. The topological polar surface area (TPSA) is 48.4 Å². The molecule has 0 atom stereocenters. The molecule has 1 aromatic heterocycles. The fourth-order valence-corrected chi connectivity index (χ4v) is 4.10. The van der Waals surface area contributed by atoms with Crippen LogP contribution < -0.4 is 9.47 Å². The first kappa shape index (κ1) is 27.4. The van der Waals surface area contributed by atoms with Crippen molar-refractivity contribution in [2.45, 2.75) is 84.5 Å². The number of aryl methyl sites for hydroxylation is 1. The average Bonchev–Trinajstić information content (AvgIpc) is 2.92. The third kappa shape index (κ3) is 9.49. The molecule has 36 heavy (non-hydrogen) atoms. The van der Waals surface area contributed by atoms with E-state index in [-0.39, 0.29) is 5.97 Å². The normalized spacial score (nSPS) is 10.8. The second kappa shape index (κ2) is 15.8. The molecule has 0 saturated carbocycles. The number of hydrogen-bond donors (Lipinski definition) is 0. The standard InChI is InChI=1S/C32H41NO3/c1-3-5-7-8-9-10-11-12-24-35-29-19-21-30(22-20-29)36-32(34)28-17-15-27(16-18-28)31-23-14-26(25-33-31)13-6-4-2/h14-23,25H,3-13,24H2,1-2H3. The molecule has 0 amide bonds. The van der Waals surface area contributed by atoms with E-state index >= 15 is 0 Å². The lowest BCUT2D eigenvalue weighted by Crippen LogP contribution is -2.08. The van der Waals surface area contributed by atoms with Gasteiger partial charge in [-0.25, -0.2) is 4.79 Å². The third-order valence-electron chi connectivity index (χ3n) is 6.36. The number of aromatic nitrogens is 1. The first-order valence-corrected chi connectivity index (χ1v) is 13.7. The van der Waals surface area contributed by atoms with Crippen LogP contribution in [0.1, 0.15) is 94.0 Å². The number of nitrogens with zero attached hydrogens (tertiary/aromatic N) is 1. The smallest absolute Gasteiger partial charge is 0.343 e. The van der Waals surface area contributed by atoms with Crippen LogP contribution in [0.15, 0.2) is 66.9 Å². The van der Waals surface area contributed by atoms with E-state index < -0.39 is 0 Å². The van der Waals surface area contributed by atoms with Gasteiger partial charge in [0.25, 0.3) is 0 Å². The van der Waals surface area contributed by atoms with Crippen LogP contribution in [-0.2, 0) is 6.42 Å². The van der Waals surface area contributed by atoms with Crippen LogP contribution in [0.5, 0.6) is 11.5 Å². The van der Waals surface area contributed by atoms with Crippen molar-refractivity contribution in [3.8, 4) is 22.8 Å². The number of carbonyl (C=O) groups is 1. The summed E-state index contributed by atoms with van der Waals surface area (Å²) in [5, 5.41) is 0. The van der Waals surface area contributed by atoms with Crippen LogP contribution >= 0.6 is 0 Å². The number of rotatable bonds is 16. The van der Waals surface area contributed by atoms with Crippen LogP contribution in [0, 0.1) is 0 Å². The summed E-state index contributed by atoms with van der Waals surface area (Å²) in [7, 11) is 0. The molecular formula is C32H41NO3. The highest BCUT2D eigenvalue weighted by Crippen LogP contribution is 2.22. The van der Waals surface area contributed by atoms with E-state index in [1.54, 1.807) is 24.3 Å². The van der Waals surface area contributed by atoms with Gasteiger partial charge in [0.05, 0.1) is 17.9 Å². The van der Waals surface area contributed by atoms with Gasteiger partial charge in [0.15, 0.2) is 0 Å². The van der Waals surface area contributed by atoms with Gasteiger partial charge in [-0.1, -0.05) is 83.4 Å². The van der Waals surface area contributed by atoms with E-state index in [1.165, 1.54) is 63.4 Å². The summed E-state index contributed by atoms with van der Waals surface area (Å²) in [5.74, 6) is 0.931. The number of hydrogen-bond acceptors (Lipinski definition) is 4. The molecule has 0 aliphatic rings. The summed E-state index contributed by atoms with van der Waals surface area (Å²) in [6, 6.07) is 18.8.